The van der Waals surface area contributed by atoms with Crippen molar-refractivity contribution in [1.29, 1.82) is 0 Å². The summed E-state index contributed by atoms with van der Waals surface area (Å²) in [4.78, 5) is 0. The van der Waals surface area contributed by atoms with Gasteiger partial charge in [0.15, 0.2) is 6.20 Å². The topological polar surface area (TPSA) is 8.29 Å². The van der Waals surface area contributed by atoms with Gasteiger partial charge in [-0.1, -0.05) is 57.5 Å². The van der Waals surface area contributed by atoms with E-state index in [0.29, 0.717) is 0 Å². The molecule has 2 aliphatic rings. The van der Waals surface area contributed by atoms with Gasteiger partial charge >= 0.3 is 0 Å². The monoisotopic (exact) mass is 471 g/mol. The van der Waals surface area contributed by atoms with Gasteiger partial charge in [0.05, 0.1) is 27.3 Å². The van der Waals surface area contributed by atoms with Crippen LogP contribution in [-0.2, 0) is 12.5 Å². The average molecular weight is 472 g/mol. The summed E-state index contributed by atoms with van der Waals surface area (Å²) < 4.78 is 4.99. The molecule has 0 aliphatic heterocycles. The Bertz CT molecular complexity index is 1860. The molecule has 2 saturated carbocycles. The van der Waals surface area contributed by atoms with Crippen LogP contribution in [0.5, 0.6) is 0 Å². The SMILES string of the molecule is Cc1ccc2c3ccc(C(C)(C)C)cc3n3c4cc(C5CC6CCC5C6)cc5cc[n+](C)c(c1c23)c54. The molecule has 3 unspecified atom stereocenters. The number of fused-ring (bicyclic) bond motifs is 7. The van der Waals surface area contributed by atoms with E-state index in [1.54, 1.807) is 5.56 Å². The second-order valence-corrected chi connectivity index (χ2v) is 13.0. The van der Waals surface area contributed by atoms with Crippen molar-refractivity contribution in [3.8, 4) is 0 Å². The summed E-state index contributed by atoms with van der Waals surface area (Å²) in [5.41, 5.74) is 9.94. The lowest BCUT2D eigenvalue weighted by Gasteiger charge is -2.23. The van der Waals surface area contributed by atoms with Gasteiger partial charge in [0, 0.05) is 16.8 Å². The lowest BCUT2D eigenvalue weighted by molar-refractivity contribution is -0.643. The predicted molar refractivity (Wildman–Crippen MR) is 151 cm³/mol. The first-order valence-electron chi connectivity index (χ1n) is 13.8. The van der Waals surface area contributed by atoms with Crippen LogP contribution in [0, 0.1) is 18.8 Å². The van der Waals surface area contributed by atoms with Gasteiger partial charge in [-0.2, -0.15) is 0 Å². The predicted octanol–water partition coefficient (Wildman–Crippen LogP) is 8.32. The number of hydrogen-bond donors (Lipinski definition) is 0. The van der Waals surface area contributed by atoms with Crippen molar-refractivity contribution < 1.29 is 4.57 Å². The maximum atomic E-state index is 2.63. The van der Waals surface area contributed by atoms with Crippen LogP contribution in [0.3, 0.4) is 0 Å². The molecule has 0 spiro atoms. The maximum absolute atomic E-state index is 2.63. The molecule has 3 aromatic heterocycles. The van der Waals surface area contributed by atoms with Crippen molar-refractivity contribution in [3.63, 3.8) is 0 Å². The molecule has 0 saturated heterocycles. The van der Waals surface area contributed by atoms with E-state index in [0.717, 1.165) is 17.8 Å². The maximum Gasteiger partial charge on any atom is 0.224 e. The minimum Gasteiger partial charge on any atom is -0.307 e. The lowest BCUT2D eigenvalue weighted by Crippen LogP contribution is -2.29. The van der Waals surface area contributed by atoms with Gasteiger partial charge in [-0.15, -0.1) is 0 Å². The van der Waals surface area contributed by atoms with Crippen LogP contribution in [-0.4, -0.2) is 4.40 Å². The highest BCUT2D eigenvalue weighted by Gasteiger charge is 2.40. The zero-order chi connectivity index (χ0) is 24.5. The Morgan fingerprint density at radius 3 is 2.44 bits per heavy atom. The molecule has 0 amide bonds. The number of nitrogens with zero attached hydrogens (tertiary/aromatic N) is 2. The molecule has 3 aromatic carbocycles. The van der Waals surface area contributed by atoms with Crippen LogP contribution in [0.4, 0.5) is 0 Å². The average Bonchev–Trinajstić information content (AvgIpc) is 3.57. The summed E-state index contributed by atoms with van der Waals surface area (Å²) in [5, 5.41) is 6.95. The summed E-state index contributed by atoms with van der Waals surface area (Å²) in [5.74, 6) is 2.56. The first-order chi connectivity index (χ1) is 17.3. The van der Waals surface area contributed by atoms with Crippen LogP contribution < -0.4 is 4.57 Å². The molecule has 8 rings (SSSR count). The molecule has 0 N–H and O–H groups in total. The Hall–Kier alpha value is -3.13. The summed E-state index contributed by atoms with van der Waals surface area (Å²) >= 11 is 0. The zero-order valence-corrected chi connectivity index (χ0v) is 22.2. The summed E-state index contributed by atoms with van der Waals surface area (Å²) in [6.07, 6.45) is 7.98. The summed E-state index contributed by atoms with van der Waals surface area (Å²) in [6.45, 7) is 9.26. The van der Waals surface area contributed by atoms with Crippen LogP contribution in [0.2, 0.25) is 0 Å². The standard InChI is InChI=1S/C34H35N2/c1-19-6-10-26-25-11-9-24(34(2,3)4)18-28(25)36-29-17-23(27-15-20-7-8-21(27)14-20)16-22-12-13-35(5)33(31(22)29)30(19)32(26)36/h6,9-13,16-18,20-21,27H,7-8,14-15H2,1-5H3/q+1. The molecule has 3 heterocycles. The molecule has 2 aliphatic carbocycles. The van der Waals surface area contributed by atoms with E-state index in [9.17, 15) is 0 Å². The smallest absolute Gasteiger partial charge is 0.224 e. The van der Waals surface area contributed by atoms with E-state index in [-0.39, 0.29) is 5.41 Å². The minimum atomic E-state index is 0.114. The van der Waals surface area contributed by atoms with Crippen molar-refractivity contribution in [2.24, 2.45) is 18.9 Å². The fourth-order valence-electron chi connectivity index (χ4n) is 8.07. The van der Waals surface area contributed by atoms with Crippen molar-refractivity contribution in [2.45, 2.75) is 64.7 Å². The molecular weight excluding hydrogens is 436 g/mol. The third kappa shape index (κ3) is 2.60. The van der Waals surface area contributed by atoms with E-state index < -0.39 is 0 Å². The van der Waals surface area contributed by atoms with Crippen molar-refractivity contribution in [1.82, 2.24) is 4.40 Å². The number of rotatable bonds is 1. The van der Waals surface area contributed by atoms with Gasteiger partial charge in [-0.25, -0.2) is 4.57 Å². The zero-order valence-electron chi connectivity index (χ0n) is 22.2. The summed E-state index contributed by atoms with van der Waals surface area (Å²) in [6, 6.07) is 19.4. The number of benzene rings is 3. The van der Waals surface area contributed by atoms with Crippen LogP contribution in [0.25, 0.3) is 49.0 Å². The van der Waals surface area contributed by atoms with E-state index in [4.69, 9.17) is 0 Å². The third-order valence-corrected chi connectivity index (χ3v) is 9.89. The van der Waals surface area contributed by atoms with Gasteiger partial charge in [0.25, 0.3) is 0 Å². The molecule has 3 atom stereocenters. The number of aryl methyl sites for hydroxylation is 2. The van der Waals surface area contributed by atoms with Crippen molar-refractivity contribution >= 4 is 49.0 Å². The first-order valence-corrected chi connectivity index (χ1v) is 13.8. The molecule has 6 aromatic rings. The van der Waals surface area contributed by atoms with Crippen LogP contribution in [0.15, 0.2) is 54.7 Å². The van der Waals surface area contributed by atoms with Crippen LogP contribution in [0.1, 0.15) is 69.1 Å². The Balaban J connectivity index is 1.61. The van der Waals surface area contributed by atoms with E-state index in [2.05, 4.69) is 98.4 Å². The molecular formula is C34H35N2+. The van der Waals surface area contributed by atoms with Gasteiger partial charge in [0.1, 0.15) is 7.05 Å². The highest BCUT2D eigenvalue weighted by atomic mass is 15.0. The van der Waals surface area contributed by atoms with Crippen LogP contribution >= 0.6 is 0 Å². The molecule has 0 radical (unpaired) electrons. The molecule has 180 valence electrons. The summed E-state index contributed by atoms with van der Waals surface area (Å²) in [7, 11) is 2.22. The Morgan fingerprint density at radius 2 is 1.69 bits per heavy atom. The Kier molecular flexibility index (Phi) is 3.96. The molecule has 2 heteroatoms. The molecule has 36 heavy (non-hydrogen) atoms. The fraction of sp³-hybridized carbons (Fsp3) is 0.382. The first kappa shape index (κ1) is 21.0. The van der Waals surface area contributed by atoms with E-state index >= 15 is 0 Å². The molecule has 2 fully saturated rings. The van der Waals surface area contributed by atoms with Gasteiger partial charge in [0.2, 0.25) is 5.52 Å². The number of hydrogen-bond acceptors (Lipinski definition) is 0. The minimum absolute atomic E-state index is 0.114. The highest BCUT2D eigenvalue weighted by Crippen LogP contribution is 2.53. The van der Waals surface area contributed by atoms with Gasteiger partial charge in [-0.3, -0.25) is 0 Å². The second-order valence-electron chi connectivity index (χ2n) is 13.0. The molecule has 2 nitrogen and oxygen atoms in total. The molecule has 2 bridgehead atoms. The lowest BCUT2D eigenvalue weighted by atomic mass is 9.82. The third-order valence-electron chi connectivity index (χ3n) is 9.89. The Morgan fingerprint density at radius 1 is 0.861 bits per heavy atom. The number of aromatic nitrogens is 2. The van der Waals surface area contributed by atoms with Gasteiger partial charge in [-0.05, 0) is 83.6 Å². The van der Waals surface area contributed by atoms with Gasteiger partial charge < -0.3 is 4.40 Å². The Labute approximate surface area is 212 Å². The number of pyridine rings is 2. The normalized spacial score (nSPS) is 22.4. The quantitative estimate of drug-likeness (QED) is 0.129. The van der Waals surface area contributed by atoms with E-state index in [1.165, 1.54) is 85.8 Å². The van der Waals surface area contributed by atoms with E-state index in [1.807, 2.05) is 0 Å². The largest absolute Gasteiger partial charge is 0.307 e. The second kappa shape index (κ2) is 6.79. The van der Waals surface area contributed by atoms with Crippen molar-refractivity contribution in [3.05, 3.63) is 71.4 Å². The van der Waals surface area contributed by atoms with Crippen molar-refractivity contribution in [2.75, 3.05) is 0 Å². The highest BCUT2D eigenvalue weighted by molar-refractivity contribution is 6.25. The fourth-order valence-corrected chi connectivity index (χ4v) is 8.07.